The van der Waals surface area contributed by atoms with Crippen molar-refractivity contribution in [2.75, 3.05) is 40.0 Å². The zero-order valence-electron chi connectivity index (χ0n) is 11.9. The van der Waals surface area contributed by atoms with Gasteiger partial charge in [0.05, 0.1) is 26.5 Å². The summed E-state index contributed by atoms with van der Waals surface area (Å²) in [6.45, 7) is 2.32. The molecule has 1 fully saturated rings. The molecule has 0 unspecified atom stereocenters. The number of amides is 1. The lowest BCUT2D eigenvalue weighted by Gasteiger charge is -2.26. The van der Waals surface area contributed by atoms with E-state index in [1.165, 1.54) is 13.3 Å². The molecule has 0 atom stereocenters. The zero-order valence-corrected chi connectivity index (χ0v) is 11.9. The van der Waals surface area contributed by atoms with Gasteiger partial charge in [-0.1, -0.05) is 0 Å². The minimum Gasteiger partial charge on any atom is -0.493 e. The highest BCUT2D eigenvalue weighted by molar-refractivity contribution is 5.81. The lowest BCUT2D eigenvalue weighted by atomic mass is 10.2. The Morgan fingerprint density at radius 3 is 2.86 bits per heavy atom. The van der Waals surface area contributed by atoms with Gasteiger partial charge >= 0.3 is 0 Å². The molecule has 2 N–H and O–H groups in total. The fourth-order valence-electron chi connectivity index (χ4n) is 2.01. The van der Waals surface area contributed by atoms with Crippen molar-refractivity contribution >= 4 is 12.1 Å². The molecule has 0 aromatic heterocycles. The van der Waals surface area contributed by atoms with Gasteiger partial charge in [0.2, 0.25) is 0 Å². The van der Waals surface area contributed by atoms with E-state index in [1.54, 1.807) is 23.1 Å². The Morgan fingerprint density at radius 2 is 2.19 bits per heavy atom. The van der Waals surface area contributed by atoms with Gasteiger partial charge in [-0.3, -0.25) is 4.79 Å². The second-order valence-electron chi connectivity index (χ2n) is 4.47. The minimum absolute atomic E-state index is 0.0271. The summed E-state index contributed by atoms with van der Waals surface area (Å²) in [4.78, 5) is 13.7. The molecule has 1 aromatic rings. The lowest BCUT2D eigenvalue weighted by molar-refractivity contribution is -0.137. The summed E-state index contributed by atoms with van der Waals surface area (Å²) >= 11 is 0. The van der Waals surface area contributed by atoms with E-state index >= 15 is 0 Å². The van der Waals surface area contributed by atoms with E-state index < -0.39 is 0 Å². The van der Waals surface area contributed by atoms with E-state index in [0.29, 0.717) is 37.8 Å². The molecule has 0 saturated carbocycles. The molecule has 1 heterocycles. The Morgan fingerprint density at radius 1 is 1.43 bits per heavy atom. The maximum Gasteiger partial charge on any atom is 0.260 e. The lowest BCUT2D eigenvalue weighted by Crippen LogP contribution is -2.43. The summed E-state index contributed by atoms with van der Waals surface area (Å²) in [5, 5.41) is 3.45. The van der Waals surface area contributed by atoms with Crippen molar-refractivity contribution < 1.29 is 19.0 Å². The maximum atomic E-state index is 12.0. The largest absolute Gasteiger partial charge is 0.493 e. The molecule has 2 rings (SSSR count). The number of hydrogen-bond acceptors (Lipinski definition) is 6. The van der Waals surface area contributed by atoms with Crippen molar-refractivity contribution in [2.24, 2.45) is 10.9 Å². The third-order valence-electron chi connectivity index (χ3n) is 3.13. The predicted molar refractivity (Wildman–Crippen MR) is 77.7 cm³/mol. The average molecular weight is 293 g/mol. The van der Waals surface area contributed by atoms with E-state index in [0.717, 1.165) is 5.56 Å². The van der Waals surface area contributed by atoms with Crippen LogP contribution in [0.4, 0.5) is 0 Å². The first-order valence-electron chi connectivity index (χ1n) is 6.64. The third kappa shape index (κ3) is 4.09. The highest BCUT2D eigenvalue weighted by Gasteiger charge is 2.17. The summed E-state index contributed by atoms with van der Waals surface area (Å²) in [6.07, 6.45) is 1.51. The fourth-order valence-corrected chi connectivity index (χ4v) is 2.01. The van der Waals surface area contributed by atoms with E-state index in [1.807, 2.05) is 0 Å². The van der Waals surface area contributed by atoms with Crippen LogP contribution in [0.15, 0.2) is 23.3 Å². The molecule has 114 valence electrons. The molecular formula is C14H19N3O4. The summed E-state index contributed by atoms with van der Waals surface area (Å²) in [5.74, 6) is 6.08. The van der Waals surface area contributed by atoms with Crippen molar-refractivity contribution in [2.45, 2.75) is 0 Å². The van der Waals surface area contributed by atoms with E-state index in [9.17, 15) is 4.79 Å². The van der Waals surface area contributed by atoms with Gasteiger partial charge in [0.1, 0.15) is 0 Å². The molecule has 7 nitrogen and oxygen atoms in total. The summed E-state index contributed by atoms with van der Waals surface area (Å²) in [6, 6.07) is 5.25. The number of methoxy groups -OCH3 is 1. The molecule has 1 aromatic carbocycles. The molecule has 0 aliphatic carbocycles. The molecule has 1 saturated heterocycles. The highest BCUT2D eigenvalue weighted by atomic mass is 16.5. The van der Waals surface area contributed by atoms with Crippen molar-refractivity contribution in [3.05, 3.63) is 23.8 Å². The van der Waals surface area contributed by atoms with Crippen LogP contribution in [0.1, 0.15) is 5.56 Å². The fraction of sp³-hybridized carbons (Fsp3) is 0.429. The predicted octanol–water partition coefficient (Wildman–Crippen LogP) is 0.225. The van der Waals surface area contributed by atoms with E-state index in [4.69, 9.17) is 20.1 Å². The number of morpholine rings is 1. The number of hydrogen-bond donors (Lipinski definition) is 1. The number of nitrogens with two attached hydrogens (primary N) is 1. The van der Waals surface area contributed by atoms with Crippen LogP contribution in [0, 0.1) is 0 Å². The van der Waals surface area contributed by atoms with Crippen LogP contribution in [-0.2, 0) is 9.53 Å². The molecular weight excluding hydrogens is 274 g/mol. The van der Waals surface area contributed by atoms with Gasteiger partial charge in [-0.05, 0) is 23.8 Å². The number of benzene rings is 1. The molecule has 1 aliphatic heterocycles. The first kappa shape index (κ1) is 15.1. The number of carbonyl (C=O) groups excluding carboxylic acids is 1. The van der Waals surface area contributed by atoms with E-state index in [-0.39, 0.29) is 12.5 Å². The van der Waals surface area contributed by atoms with Crippen LogP contribution in [0.25, 0.3) is 0 Å². The number of ether oxygens (including phenoxy) is 3. The second-order valence-corrected chi connectivity index (χ2v) is 4.47. The number of rotatable bonds is 5. The highest BCUT2D eigenvalue weighted by Crippen LogP contribution is 2.27. The summed E-state index contributed by atoms with van der Waals surface area (Å²) in [5.41, 5.74) is 0.793. The molecule has 0 spiro atoms. The number of nitrogens with zero attached hydrogens (tertiary/aromatic N) is 2. The summed E-state index contributed by atoms with van der Waals surface area (Å²) in [7, 11) is 1.54. The first-order chi connectivity index (χ1) is 10.2. The molecule has 7 heteroatoms. The number of carbonyl (C=O) groups is 1. The monoisotopic (exact) mass is 293 g/mol. The van der Waals surface area contributed by atoms with Gasteiger partial charge in [-0.15, -0.1) is 0 Å². The smallest absolute Gasteiger partial charge is 0.260 e. The van der Waals surface area contributed by atoms with Gasteiger partial charge in [-0.25, -0.2) is 0 Å². The van der Waals surface area contributed by atoms with E-state index in [2.05, 4.69) is 5.10 Å². The Bertz CT molecular complexity index is 513. The second kappa shape index (κ2) is 7.49. The van der Waals surface area contributed by atoms with Crippen molar-refractivity contribution in [1.29, 1.82) is 0 Å². The SMILES string of the molecule is COc1cc(C=NN)ccc1OCC(=O)N1CCOCC1. The Labute approximate surface area is 123 Å². The average Bonchev–Trinajstić information content (AvgIpc) is 2.54. The zero-order chi connectivity index (χ0) is 15.1. The first-order valence-corrected chi connectivity index (χ1v) is 6.64. The molecule has 1 aliphatic rings. The molecule has 0 bridgehead atoms. The quantitative estimate of drug-likeness (QED) is 0.477. The molecule has 0 radical (unpaired) electrons. The normalized spacial score (nSPS) is 15.2. The van der Waals surface area contributed by atoms with Crippen molar-refractivity contribution in [1.82, 2.24) is 4.90 Å². The van der Waals surface area contributed by atoms with Crippen LogP contribution in [0.5, 0.6) is 11.5 Å². The van der Waals surface area contributed by atoms with Crippen LogP contribution in [0.2, 0.25) is 0 Å². The topological polar surface area (TPSA) is 86.4 Å². The van der Waals surface area contributed by atoms with Gasteiger partial charge in [-0.2, -0.15) is 5.10 Å². The van der Waals surface area contributed by atoms with Gasteiger partial charge in [0.15, 0.2) is 18.1 Å². The third-order valence-corrected chi connectivity index (χ3v) is 3.13. The van der Waals surface area contributed by atoms with Crippen molar-refractivity contribution in [3.8, 4) is 11.5 Å². The maximum absolute atomic E-state index is 12.0. The van der Waals surface area contributed by atoms with Crippen molar-refractivity contribution in [3.63, 3.8) is 0 Å². The standard InChI is InChI=1S/C14H19N3O4/c1-19-13-8-11(9-16-15)2-3-12(13)21-10-14(18)17-4-6-20-7-5-17/h2-3,8-9H,4-7,10,15H2,1H3. The minimum atomic E-state index is -0.0621. The van der Waals surface area contributed by atoms with Gasteiger partial charge in [0, 0.05) is 13.1 Å². The van der Waals surface area contributed by atoms with Gasteiger partial charge in [0.25, 0.3) is 5.91 Å². The van der Waals surface area contributed by atoms with Gasteiger partial charge < -0.3 is 25.0 Å². The van der Waals surface area contributed by atoms with Crippen LogP contribution in [-0.4, -0.2) is 57.0 Å². The molecule has 1 amide bonds. The van der Waals surface area contributed by atoms with Crippen LogP contribution < -0.4 is 15.3 Å². The molecule has 21 heavy (non-hydrogen) atoms. The number of hydrazone groups is 1. The van der Waals surface area contributed by atoms with Crippen LogP contribution in [0.3, 0.4) is 0 Å². The Balaban J connectivity index is 1.97. The van der Waals surface area contributed by atoms with Crippen LogP contribution >= 0.6 is 0 Å². The Kier molecular flexibility index (Phi) is 5.39. The Hall–Kier alpha value is -2.28. The summed E-state index contributed by atoms with van der Waals surface area (Å²) < 4.78 is 16.0.